The lowest BCUT2D eigenvalue weighted by Gasteiger charge is -2.20. The van der Waals surface area contributed by atoms with Crippen molar-refractivity contribution >= 4 is 5.97 Å². The Morgan fingerprint density at radius 3 is 2.41 bits per heavy atom. The van der Waals surface area contributed by atoms with Crippen LogP contribution in [0.2, 0.25) is 0 Å². The summed E-state index contributed by atoms with van der Waals surface area (Å²) in [5.74, 6) is -0.0579. The molecule has 0 saturated heterocycles. The molecule has 1 fully saturated rings. The highest BCUT2D eigenvalue weighted by atomic mass is 19.1. The molecule has 0 atom stereocenters. The van der Waals surface area contributed by atoms with E-state index in [0.29, 0.717) is 5.92 Å². The summed E-state index contributed by atoms with van der Waals surface area (Å²) in [6.45, 7) is 9.69. The second kappa shape index (κ2) is 7.34. The number of esters is 1. The van der Waals surface area contributed by atoms with E-state index in [4.69, 9.17) is 9.47 Å². The molecular weight excluding hydrogens is 343 g/mol. The topological polar surface area (TPSA) is 35.5 Å². The Balaban J connectivity index is 1.84. The smallest absolute Gasteiger partial charge is 0.341 e. The normalized spacial score (nSPS) is 14.1. The number of carbonyl (C=O) groups is 1. The number of hydrogen-bond acceptors (Lipinski definition) is 3. The first-order valence-corrected chi connectivity index (χ1v) is 9.40. The molecule has 0 aliphatic heterocycles. The fourth-order valence-corrected chi connectivity index (χ4v) is 2.98. The molecular formula is C23H27FO3. The van der Waals surface area contributed by atoms with Crippen LogP contribution in [0.4, 0.5) is 4.39 Å². The summed E-state index contributed by atoms with van der Waals surface area (Å²) in [6, 6.07) is 8.99. The first-order chi connectivity index (χ1) is 12.6. The van der Waals surface area contributed by atoms with Gasteiger partial charge in [0.05, 0.1) is 5.56 Å². The van der Waals surface area contributed by atoms with Gasteiger partial charge in [0.2, 0.25) is 0 Å². The highest BCUT2D eigenvalue weighted by Crippen LogP contribution is 2.42. The number of rotatable bonds is 5. The minimum absolute atomic E-state index is 0.00163. The van der Waals surface area contributed by atoms with Gasteiger partial charge < -0.3 is 9.47 Å². The predicted molar refractivity (Wildman–Crippen MR) is 104 cm³/mol. The number of hydrogen-bond donors (Lipinski definition) is 0. The van der Waals surface area contributed by atoms with Crippen molar-refractivity contribution in [1.82, 2.24) is 0 Å². The number of ether oxygens (including phenoxy) is 2. The molecule has 0 heterocycles. The summed E-state index contributed by atoms with van der Waals surface area (Å²) in [5.41, 5.74) is 3.48. The fraction of sp³-hybridized carbons (Fsp3) is 0.435. The molecule has 4 heteroatoms. The van der Waals surface area contributed by atoms with Crippen molar-refractivity contribution in [2.75, 3.05) is 0 Å². The molecule has 0 amide bonds. The molecule has 0 unspecified atom stereocenters. The molecule has 0 radical (unpaired) electrons. The SMILES string of the molecule is Cc1ccc(OCc2cc(F)c(C(=O)OC(C)(C)C)cc2C2CC2)cc1C. The molecule has 0 aromatic heterocycles. The van der Waals surface area contributed by atoms with E-state index < -0.39 is 17.4 Å². The van der Waals surface area contributed by atoms with E-state index in [0.717, 1.165) is 35.3 Å². The number of carbonyl (C=O) groups excluding carboxylic acids is 1. The molecule has 27 heavy (non-hydrogen) atoms. The second-order valence-corrected chi connectivity index (χ2v) is 8.34. The van der Waals surface area contributed by atoms with Crippen LogP contribution in [0.3, 0.4) is 0 Å². The first kappa shape index (κ1) is 19.4. The Labute approximate surface area is 160 Å². The average molecular weight is 370 g/mol. The average Bonchev–Trinajstić information content (AvgIpc) is 3.39. The zero-order valence-electron chi connectivity index (χ0n) is 16.7. The van der Waals surface area contributed by atoms with Crippen molar-refractivity contribution in [3.05, 3.63) is 64.0 Å². The van der Waals surface area contributed by atoms with Gasteiger partial charge >= 0.3 is 5.97 Å². The summed E-state index contributed by atoms with van der Waals surface area (Å²) < 4.78 is 25.9. The Morgan fingerprint density at radius 1 is 1.11 bits per heavy atom. The van der Waals surface area contributed by atoms with Gasteiger partial charge in [-0.25, -0.2) is 9.18 Å². The minimum Gasteiger partial charge on any atom is -0.489 e. The van der Waals surface area contributed by atoms with Crippen molar-refractivity contribution in [2.24, 2.45) is 0 Å². The maximum Gasteiger partial charge on any atom is 0.341 e. The zero-order valence-corrected chi connectivity index (χ0v) is 16.7. The maximum absolute atomic E-state index is 14.6. The zero-order chi connectivity index (χ0) is 19.8. The van der Waals surface area contributed by atoms with E-state index in [1.165, 1.54) is 11.6 Å². The van der Waals surface area contributed by atoms with Crippen LogP contribution in [0, 0.1) is 19.7 Å². The maximum atomic E-state index is 14.6. The lowest BCUT2D eigenvalue weighted by molar-refractivity contribution is 0.00645. The van der Waals surface area contributed by atoms with Crippen LogP contribution in [0.5, 0.6) is 5.75 Å². The predicted octanol–water partition coefficient (Wildman–Crippen LogP) is 5.85. The van der Waals surface area contributed by atoms with Crippen LogP contribution in [0.25, 0.3) is 0 Å². The van der Waals surface area contributed by atoms with Gasteiger partial charge in [-0.2, -0.15) is 0 Å². The summed E-state index contributed by atoms with van der Waals surface area (Å²) in [6.07, 6.45) is 2.10. The van der Waals surface area contributed by atoms with Crippen LogP contribution < -0.4 is 4.74 Å². The summed E-state index contributed by atoms with van der Waals surface area (Å²) in [4.78, 5) is 12.3. The highest BCUT2D eigenvalue weighted by molar-refractivity contribution is 5.90. The summed E-state index contributed by atoms with van der Waals surface area (Å²) in [5, 5.41) is 0. The minimum atomic E-state index is -0.658. The molecule has 0 N–H and O–H groups in total. The molecule has 1 saturated carbocycles. The standard InChI is InChI=1S/C23H27FO3/c1-14-6-9-18(10-15(14)2)26-13-17-11-21(24)20(12-19(17)16-7-8-16)22(25)27-23(3,4)5/h6,9-12,16H,7-8,13H2,1-5H3. The van der Waals surface area contributed by atoms with Crippen molar-refractivity contribution in [2.45, 2.75) is 65.6 Å². The van der Waals surface area contributed by atoms with Crippen molar-refractivity contribution in [1.29, 1.82) is 0 Å². The molecule has 3 rings (SSSR count). The lowest BCUT2D eigenvalue weighted by atomic mass is 9.99. The Bertz CT molecular complexity index is 861. The van der Waals surface area contributed by atoms with Crippen LogP contribution >= 0.6 is 0 Å². The molecule has 1 aliphatic rings. The third kappa shape index (κ3) is 4.88. The van der Waals surface area contributed by atoms with Crippen LogP contribution in [0.1, 0.15) is 72.1 Å². The van der Waals surface area contributed by atoms with Gasteiger partial charge in [0.1, 0.15) is 23.8 Å². The van der Waals surface area contributed by atoms with Crippen molar-refractivity contribution < 1.29 is 18.7 Å². The number of halogens is 1. The molecule has 0 bridgehead atoms. The van der Waals surface area contributed by atoms with Gasteiger partial charge in [-0.05, 0) is 99.9 Å². The molecule has 144 valence electrons. The van der Waals surface area contributed by atoms with Crippen molar-refractivity contribution in [3.8, 4) is 5.75 Å². The lowest BCUT2D eigenvalue weighted by Crippen LogP contribution is -2.24. The van der Waals surface area contributed by atoms with Gasteiger partial charge in [-0.3, -0.25) is 0 Å². The molecule has 1 aliphatic carbocycles. The molecule has 2 aromatic carbocycles. The van der Waals surface area contributed by atoms with Gasteiger partial charge in [-0.15, -0.1) is 0 Å². The quantitative estimate of drug-likeness (QED) is 0.619. The largest absolute Gasteiger partial charge is 0.489 e. The molecule has 2 aromatic rings. The highest BCUT2D eigenvalue weighted by Gasteiger charge is 2.30. The number of benzene rings is 2. The Hall–Kier alpha value is -2.36. The Morgan fingerprint density at radius 2 is 1.81 bits per heavy atom. The Kier molecular flexibility index (Phi) is 5.27. The molecule has 3 nitrogen and oxygen atoms in total. The van der Waals surface area contributed by atoms with Crippen LogP contribution in [-0.4, -0.2) is 11.6 Å². The van der Waals surface area contributed by atoms with Crippen LogP contribution in [0.15, 0.2) is 30.3 Å². The number of aryl methyl sites for hydroxylation is 2. The van der Waals surface area contributed by atoms with Gasteiger partial charge in [0.15, 0.2) is 0 Å². The van der Waals surface area contributed by atoms with Gasteiger partial charge in [-0.1, -0.05) is 6.07 Å². The van der Waals surface area contributed by atoms with Crippen molar-refractivity contribution in [3.63, 3.8) is 0 Å². The monoisotopic (exact) mass is 370 g/mol. The van der Waals surface area contributed by atoms with E-state index in [1.807, 2.05) is 25.1 Å². The summed E-state index contributed by atoms with van der Waals surface area (Å²) >= 11 is 0. The molecule has 0 spiro atoms. The van der Waals surface area contributed by atoms with Gasteiger partial charge in [0.25, 0.3) is 0 Å². The second-order valence-electron chi connectivity index (χ2n) is 8.34. The van der Waals surface area contributed by atoms with E-state index in [2.05, 4.69) is 6.92 Å². The van der Waals surface area contributed by atoms with Gasteiger partial charge in [0, 0.05) is 0 Å². The summed E-state index contributed by atoms with van der Waals surface area (Å²) in [7, 11) is 0. The van der Waals surface area contributed by atoms with E-state index >= 15 is 0 Å². The fourth-order valence-electron chi connectivity index (χ4n) is 2.98. The van der Waals surface area contributed by atoms with E-state index in [9.17, 15) is 9.18 Å². The van der Waals surface area contributed by atoms with E-state index in [-0.39, 0.29) is 12.2 Å². The first-order valence-electron chi connectivity index (χ1n) is 9.40. The van der Waals surface area contributed by atoms with E-state index in [1.54, 1.807) is 26.8 Å². The third-order valence-corrected chi connectivity index (χ3v) is 4.74. The third-order valence-electron chi connectivity index (χ3n) is 4.74. The van der Waals surface area contributed by atoms with Crippen LogP contribution in [-0.2, 0) is 11.3 Å².